The number of hydrogen-bond acceptors (Lipinski definition) is 1. The number of thiophene rings is 1. The molecule has 11 aromatic rings. The lowest BCUT2D eigenvalue weighted by Crippen LogP contribution is -1.93. The maximum atomic E-state index is 2.43. The molecule has 0 aliphatic heterocycles. The average molecular weight is 741 g/mol. The van der Waals surface area contributed by atoms with E-state index in [1.165, 1.54) is 108 Å². The zero-order valence-corrected chi connectivity index (χ0v) is 32.0. The van der Waals surface area contributed by atoms with Gasteiger partial charge in [-0.15, -0.1) is 11.3 Å². The molecule has 0 N–H and O–H groups in total. The number of hydrogen-bond donors (Lipinski definition) is 0. The number of benzene rings is 10. The van der Waals surface area contributed by atoms with Crippen LogP contribution < -0.4 is 0 Å². The summed E-state index contributed by atoms with van der Waals surface area (Å²) in [6, 6.07) is 80.2. The van der Waals surface area contributed by atoms with E-state index in [0.717, 1.165) is 0 Å². The minimum atomic E-state index is 1.21. The van der Waals surface area contributed by atoms with Gasteiger partial charge in [0.15, 0.2) is 0 Å². The first-order valence-corrected chi connectivity index (χ1v) is 20.4. The molecule has 57 heavy (non-hydrogen) atoms. The SMILES string of the molecule is c1ccc(-c2cccc(-c3ccc4c(-c5ccccc5)c5cc(-c6cccc(-c7cccc8c7sc7ccccc78)c6)ccc5c(-c5ccccc5)c4c3)c2)cc1. The molecule has 0 bridgehead atoms. The maximum absolute atomic E-state index is 2.43. The molecule has 0 aliphatic carbocycles. The van der Waals surface area contributed by atoms with Gasteiger partial charge in [0, 0.05) is 20.2 Å². The lowest BCUT2D eigenvalue weighted by Gasteiger charge is -2.20. The Balaban J connectivity index is 1.13. The lowest BCUT2D eigenvalue weighted by molar-refractivity contribution is 1.59. The Morgan fingerprint density at radius 3 is 1.25 bits per heavy atom. The molecule has 0 spiro atoms. The Bertz CT molecular complexity index is 3270. The molecule has 266 valence electrons. The van der Waals surface area contributed by atoms with Gasteiger partial charge in [0.1, 0.15) is 0 Å². The van der Waals surface area contributed by atoms with Crippen molar-refractivity contribution in [3.63, 3.8) is 0 Å². The van der Waals surface area contributed by atoms with E-state index in [-0.39, 0.29) is 0 Å². The first-order valence-electron chi connectivity index (χ1n) is 19.6. The molecule has 1 aromatic heterocycles. The van der Waals surface area contributed by atoms with E-state index in [0.29, 0.717) is 0 Å². The predicted octanol–water partition coefficient (Wildman–Crippen LogP) is 16.4. The van der Waals surface area contributed by atoms with Crippen molar-refractivity contribution in [1.29, 1.82) is 0 Å². The van der Waals surface area contributed by atoms with Crippen molar-refractivity contribution in [2.45, 2.75) is 0 Å². The third-order valence-corrected chi connectivity index (χ3v) is 12.7. The van der Waals surface area contributed by atoms with Crippen molar-refractivity contribution in [3.05, 3.63) is 218 Å². The molecule has 1 heterocycles. The Kier molecular flexibility index (Phi) is 8.12. The largest absolute Gasteiger partial charge is 0.135 e. The Morgan fingerprint density at radius 1 is 0.228 bits per heavy atom. The third kappa shape index (κ3) is 5.84. The van der Waals surface area contributed by atoms with Crippen molar-refractivity contribution in [2.75, 3.05) is 0 Å². The van der Waals surface area contributed by atoms with Gasteiger partial charge in [-0.2, -0.15) is 0 Å². The van der Waals surface area contributed by atoms with Gasteiger partial charge in [-0.25, -0.2) is 0 Å². The summed E-state index contributed by atoms with van der Waals surface area (Å²) >= 11 is 1.89. The topological polar surface area (TPSA) is 0 Å². The second-order valence-electron chi connectivity index (χ2n) is 14.8. The molecular weight excluding hydrogens is 705 g/mol. The molecule has 0 amide bonds. The van der Waals surface area contributed by atoms with Crippen LogP contribution in [0.4, 0.5) is 0 Å². The van der Waals surface area contributed by atoms with E-state index in [1.54, 1.807) is 0 Å². The predicted molar refractivity (Wildman–Crippen MR) is 247 cm³/mol. The molecule has 0 saturated heterocycles. The van der Waals surface area contributed by atoms with Crippen LogP contribution in [-0.4, -0.2) is 0 Å². The smallest absolute Gasteiger partial charge is 0.0433 e. The standard InChI is InChI=1S/C56H36S/c1-4-15-37(16-5-1)40-21-12-22-41(33-40)43-29-31-48-51(35-43)54(38-17-6-2-7-18-38)49-32-30-44(36-52(49)55(48)39-19-8-3-9-20-39)42-23-13-24-45(34-42)46-26-14-27-50-47-25-10-11-28-53(47)57-56(46)50/h1-36H. The summed E-state index contributed by atoms with van der Waals surface area (Å²) < 4.78 is 2.67. The van der Waals surface area contributed by atoms with Crippen molar-refractivity contribution < 1.29 is 0 Å². The van der Waals surface area contributed by atoms with Gasteiger partial charge in [-0.1, -0.05) is 188 Å². The number of fused-ring (bicyclic) bond motifs is 5. The van der Waals surface area contributed by atoms with Crippen molar-refractivity contribution in [1.82, 2.24) is 0 Å². The monoisotopic (exact) mass is 740 g/mol. The van der Waals surface area contributed by atoms with Crippen LogP contribution in [0.2, 0.25) is 0 Å². The maximum Gasteiger partial charge on any atom is 0.0433 e. The third-order valence-electron chi connectivity index (χ3n) is 11.5. The summed E-state index contributed by atoms with van der Waals surface area (Å²) in [4.78, 5) is 0. The molecule has 0 unspecified atom stereocenters. The molecule has 10 aromatic carbocycles. The summed E-state index contributed by atoms with van der Waals surface area (Å²) in [6.45, 7) is 0. The minimum absolute atomic E-state index is 1.21. The highest BCUT2D eigenvalue weighted by molar-refractivity contribution is 7.26. The Morgan fingerprint density at radius 2 is 0.649 bits per heavy atom. The van der Waals surface area contributed by atoms with E-state index >= 15 is 0 Å². The van der Waals surface area contributed by atoms with Crippen molar-refractivity contribution in [3.8, 4) is 66.8 Å². The van der Waals surface area contributed by atoms with Crippen LogP contribution in [0.15, 0.2) is 218 Å². The first kappa shape index (κ1) is 33.3. The quantitative estimate of drug-likeness (QED) is 0.149. The van der Waals surface area contributed by atoms with E-state index in [9.17, 15) is 0 Å². The van der Waals surface area contributed by atoms with E-state index < -0.39 is 0 Å². The van der Waals surface area contributed by atoms with Crippen LogP contribution in [0.25, 0.3) is 108 Å². The second-order valence-corrected chi connectivity index (χ2v) is 15.9. The zero-order valence-electron chi connectivity index (χ0n) is 31.2. The number of rotatable bonds is 6. The van der Waals surface area contributed by atoms with Gasteiger partial charge in [0.05, 0.1) is 0 Å². The normalized spacial score (nSPS) is 11.5. The summed E-state index contributed by atoms with van der Waals surface area (Å²) in [5.74, 6) is 0. The highest BCUT2D eigenvalue weighted by Crippen LogP contribution is 2.47. The average Bonchev–Trinajstić information content (AvgIpc) is 3.68. The van der Waals surface area contributed by atoms with Crippen LogP contribution in [-0.2, 0) is 0 Å². The molecule has 0 fully saturated rings. The molecule has 0 atom stereocenters. The van der Waals surface area contributed by atoms with Crippen LogP contribution in [0.3, 0.4) is 0 Å². The van der Waals surface area contributed by atoms with Crippen LogP contribution >= 0.6 is 11.3 Å². The highest BCUT2D eigenvalue weighted by Gasteiger charge is 2.19. The van der Waals surface area contributed by atoms with Crippen LogP contribution in [0, 0.1) is 0 Å². The van der Waals surface area contributed by atoms with E-state index in [2.05, 4.69) is 218 Å². The van der Waals surface area contributed by atoms with E-state index in [1.807, 2.05) is 11.3 Å². The molecule has 11 rings (SSSR count). The summed E-state index contributed by atoms with van der Waals surface area (Å²) in [7, 11) is 0. The molecule has 0 aliphatic rings. The first-order chi connectivity index (χ1) is 28.3. The molecule has 0 radical (unpaired) electrons. The molecule has 1 heteroatoms. The van der Waals surface area contributed by atoms with Gasteiger partial charge < -0.3 is 0 Å². The highest BCUT2D eigenvalue weighted by atomic mass is 32.1. The minimum Gasteiger partial charge on any atom is -0.135 e. The fraction of sp³-hybridized carbons (Fsp3) is 0. The Labute approximate surface area is 336 Å². The van der Waals surface area contributed by atoms with E-state index in [4.69, 9.17) is 0 Å². The second kappa shape index (κ2) is 13.9. The van der Waals surface area contributed by atoms with Gasteiger partial charge in [-0.05, 0) is 119 Å². The summed E-state index contributed by atoms with van der Waals surface area (Å²) in [5.41, 5.74) is 14.7. The van der Waals surface area contributed by atoms with Crippen LogP contribution in [0.1, 0.15) is 0 Å². The van der Waals surface area contributed by atoms with Gasteiger partial charge >= 0.3 is 0 Å². The van der Waals surface area contributed by atoms with Gasteiger partial charge in [-0.3, -0.25) is 0 Å². The summed E-state index contributed by atoms with van der Waals surface area (Å²) in [5, 5.41) is 7.65. The van der Waals surface area contributed by atoms with Gasteiger partial charge in [0.2, 0.25) is 0 Å². The van der Waals surface area contributed by atoms with Crippen molar-refractivity contribution in [2.24, 2.45) is 0 Å². The fourth-order valence-electron chi connectivity index (χ4n) is 8.77. The Hall–Kier alpha value is -7.06. The van der Waals surface area contributed by atoms with Crippen molar-refractivity contribution >= 4 is 53.1 Å². The van der Waals surface area contributed by atoms with Crippen LogP contribution in [0.5, 0.6) is 0 Å². The lowest BCUT2D eigenvalue weighted by atomic mass is 9.83. The van der Waals surface area contributed by atoms with Gasteiger partial charge in [0.25, 0.3) is 0 Å². The molecular formula is C56H36S. The fourth-order valence-corrected chi connectivity index (χ4v) is 10.0. The molecule has 0 saturated carbocycles. The molecule has 0 nitrogen and oxygen atoms in total. The zero-order chi connectivity index (χ0) is 37.7. The summed E-state index contributed by atoms with van der Waals surface area (Å²) in [6.07, 6.45) is 0.